The van der Waals surface area contributed by atoms with Crippen molar-refractivity contribution >= 4 is 17.9 Å². The van der Waals surface area contributed by atoms with E-state index in [1.807, 2.05) is 5.48 Å². The number of ether oxygens (including phenoxy) is 3. The Kier molecular flexibility index (Phi) is 16.2. The molecule has 0 saturated carbocycles. The number of carbonyl (C=O) groups excluding carboxylic acids is 3. The zero-order valence-corrected chi connectivity index (χ0v) is 20.6. The Morgan fingerprint density at radius 3 is 1.90 bits per heavy atom. The number of nitrogens with one attached hydrogen (secondary N) is 1. The predicted octanol–water partition coefficient (Wildman–Crippen LogP) is 3.75. The van der Waals surface area contributed by atoms with Crippen LogP contribution in [-0.4, -0.2) is 53.0 Å². The summed E-state index contributed by atoms with van der Waals surface area (Å²) in [5.41, 5.74) is 6.54. The summed E-state index contributed by atoms with van der Waals surface area (Å²) in [6.45, 7) is 14.9. The van der Waals surface area contributed by atoms with Crippen LogP contribution in [0.5, 0.6) is 0 Å². The lowest BCUT2D eigenvalue weighted by Gasteiger charge is -2.22. The van der Waals surface area contributed by atoms with Gasteiger partial charge in [0.2, 0.25) is 0 Å². The van der Waals surface area contributed by atoms with E-state index >= 15 is 0 Å². The first kappa shape index (κ1) is 31.5. The van der Waals surface area contributed by atoms with E-state index in [-0.39, 0.29) is 27.6 Å². The van der Waals surface area contributed by atoms with Crippen LogP contribution < -0.4 is 11.2 Å². The predicted molar refractivity (Wildman–Crippen MR) is 123 cm³/mol. The quantitative estimate of drug-likeness (QED) is 0.185. The van der Waals surface area contributed by atoms with Gasteiger partial charge in [0, 0.05) is 9.27 Å². The van der Waals surface area contributed by atoms with Crippen molar-refractivity contribution in [2.45, 2.75) is 117 Å². The average Bonchev–Trinajstić information content (AvgIpc) is 2.61. The Balaban J connectivity index is -0.000000251. The Morgan fingerprint density at radius 1 is 0.935 bits per heavy atom. The second-order valence-corrected chi connectivity index (χ2v) is 9.19. The van der Waals surface area contributed by atoms with E-state index in [0.29, 0.717) is 13.0 Å². The molecule has 0 spiro atoms. The van der Waals surface area contributed by atoms with Crippen LogP contribution >= 0.6 is 0 Å². The molecule has 9 heteroatoms. The molecule has 0 amide bonds. The Hall–Kier alpha value is -1.71. The third-order valence-corrected chi connectivity index (χ3v) is 3.61. The molecule has 0 aromatic carbocycles. The lowest BCUT2D eigenvalue weighted by atomic mass is 10.1. The maximum Gasteiger partial charge on any atom is 0.325 e. The summed E-state index contributed by atoms with van der Waals surface area (Å²) in [6.07, 6.45) is 4.05. The third kappa shape index (κ3) is 20.0. The number of carbonyl (C=O) groups is 3. The zero-order chi connectivity index (χ0) is 24.7. The van der Waals surface area contributed by atoms with E-state index in [4.69, 9.17) is 25.2 Å². The highest BCUT2D eigenvalue weighted by Gasteiger charge is 2.24. The van der Waals surface area contributed by atoms with Crippen LogP contribution in [0.2, 0.25) is 0 Å². The molecule has 0 aliphatic heterocycles. The van der Waals surface area contributed by atoms with Gasteiger partial charge in [0.25, 0.3) is 0 Å². The lowest BCUT2D eigenvalue weighted by Crippen LogP contribution is -2.38. The van der Waals surface area contributed by atoms with E-state index in [2.05, 4.69) is 6.92 Å². The molecular weight excluding hydrogens is 404 g/mol. The molecule has 4 N–H and O–H groups in total. The van der Waals surface area contributed by atoms with Crippen LogP contribution in [0.3, 0.4) is 0 Å². The van der Waals surface area contributed by atoms with Gasteiger partial charge in [-0.15, -0.1) is 0 Å². The van der Waals surface area contributed by atoms with Gasteiger partial charge in [-0.25, -0.2) is 0 Å². The minimum Gasteiger partial charge on any atom is -0.465 e. The van der Waals surface area contributed by atoms with Gasteiger partial charge < -0.3 is 25.2 Å². The molecule has 0 bridgehead atoms. The normalized spacial score (nSPS) is 13.4. The Bertz CT molecular complexity index is 536. The fourth-order valence-corrected chi connectivity index (χ4v) is 2.24. The van der Waals surface area contributed by atoms with Crippen molar-refractivity contribution < 1.29 is 36.7 Å². The summed E-state index contributed by atoms with van der Waals surface area (Å²) in [7, 11) is 0. The zero-order valence-electron chi connectivity index (χ0n) is 20.6. The summed E-state index contributed by atoms with van der Waals surface area (Å²) in [5.74, 6) is -1.23. The largest absolute Gasteiger partial charge is 0.465 e. The van der Waals surface area contributed by atoms with Gasteiger partial charge in [-0.1, -0.05) is 26.2 Å². The second-order valence-electron chi connectivity index (χ2n) is 9.19. The number of esters is 3. The maximum absolute atomic E-state index is 11.6. The number of rotatable bonds is 11. The molecule has 0 aromatic heterocycles. The van der Waals surface area contributed by atoms with E-state index < -0.39 is 29.3 Å². The van der Waals surface area contributed by atoms with Gasteiger partial charge >= 0.3 is 17.9 Å². The Labute approximate surface area is 190 Å². The van der Waals surface area contributed by atoms with Crippen molar-refractivity contribution in [3.05, 3.63) is 0 Å². The highest BCUT2D eigenvalue weighted by Crippen LogP contribution is 2.12. The molecule has 0 aliphatic carbocycles. The minimum atomic E-state index is -0.795. The average molecular weight is 453 g/mol. The SMILES string of the molecule is CC(C)(C)OC(=O)CC[C@H](N)C(=O)OC(C)(C)C.CCCCC[C@H](NO)C(=O)OCC.[HH].[HH]. The molecule has 0 fully saturated rings. The van der Waals surface area contributed by atoms with Gasteiger partial charge in [-0.05, 0) is 61.3 Å². The molecule has 0 aromatic rings. The van der Waals surface area contributed by atoms with Crippen LogP contribution in [0.4, 0.5) is 0 Å². The Morgan fingerprint density at radius 2 is 1.48 bits per heavy atom. The second kappa shape index (κ2) is 16.0. The van der Waals surface area contributed by atoms with Crippen molar-refractivity contribution in [2.24, 2.45) is 5.73 Å². The first-order valence-corrected chi connectivity index (χ1v) is 10.9. The molecule has 0 saturated heterocycles. The summed E-state index contributed by atoms with van der Waals surface area (Å²) in [4.78, 5) is 34.1. The topological polar surface area (TPSA) is 137 Å². The molecule has 0 unspecified atom stereocenters. The van der Waals surface area contributed by atoms with Gasteiger partial charge in [0.1, 0.15) is 23.3 Å². The number of hydrogen-bond acceptors (Lipinski definition) is 9. The van der Waals surface area contributed by atoms with Crippen molar-refractivity contribution in [2.75, 3.05) is 6.61 Å². The van der Waals surface area contributed by atoms with E-state index in [9.17, 15) is 14.4 Å². The standard InChI is InChI=1S/C13H25NO4.C9H19NO3.2H2/c1-12(2,3)17-10(15)8-7-9(14)11(16)18-13(4,5)6;1-3-5-6-7-8(10-12)9(11)13-4-2;;/h9H,7-8,14H2,1-6H3;8,10,12H,3-7H2,1-2H3;2*1H/t9-;8-;;/m00../s1. The lowest BCUT2D eigenvalue weighted by molar-refractivity contribution is -0.158. The molecule has 188 valence electrons. The molecule has 9 nitrogen and oxygen atoms in total. The number of hydroxylamine groups is 1. The smallest absolute Gasteiger partial charge is 0.325 e. The molecule has 2 atom stereocenters. The van der Waals surface area contributed by atoms with Crippen LogP contribution in [-0.2, 0) is 28.6 Å². The molecule has 0 radical (unpaired) electrons. The van der Waals surface area contributed by atoms with E-state index in [1.165, 1.54) is 0 Å². The first-order valence-electron chi connectivity index (χ1n) is 10.9. The van der Waals surface area contributed by atoms with Gasteiger partial charge in [-0.3, -0.25) is 14.4 Å². The van der Waals surface area contributed by atoms with Crippen LogP contribution in [0.1, 0.15) is 96.8 Å². The molecule has 0 aliphatic rings. The molecule has 31 heavy (non-hydrogen) atoms. The highest BCUT2D eigenvalue weighted by atomic mass is 16.6. The van der Waals surface area contributed by atoms with Crippen molar-refractivity contribution in [3.63, 3.8) is 0 Å². The maximum atomic E-state index is 11.6. The number of hydrogen-bond donors (Lipinski definition) is 3. The van der Waals surface area contributed by atoms with Gasteiger partial charge in [-0.2, -0.15) is 5.48 Å². The fourth-order valence-electron chi connectivity index (χ4n) is 2.24. The van der Waals surface area contributed by atoms with Crippen LogP contribution in [0.15, 0.2) is 0 Å². The van der Waals surface area contributed by atoms with Crippen LogP contribution in [0.25, 0.3) is 0 Å². The molecular formula is C22H48N2O7. The van der Waals surface area contributed by atoms with Crippen LogP contribution in [0, 0.1) is 0 Å². The fraction of sp³-hybridized carbons (Fsp3) is 0.864. The first-order chi connectivity index (χ1) is 14.2. The van der Waals surface area contributed by atoms with Crippen molar-refractivity contribution in [1.29, 1.82) is 0 Å². The molecule has 0 rings (SSSR count). The highest BCUT2D eigenvalue weighted by molar-refractivity contribution is 5.77. The monoisotopic (exact) mass is 452 g/mol. The number of unbranched alkanes of at least 4 members (excludes halogenated alkanes) is 2. The third-order valence-electron chi connectivity index (χ3n) is 3.61. The van der Waals surface area contributed by atoms with E-state index in [1.54, 1.807) is 48.5 Å². The molecule has 0 heterocycles. The van der Waals surface area contributed by atoms with E-state index in [0.717, 1.165) is 19.3 Å². The number of nitrogens with two attached hydrogens (primary N) is 1. The summed E-state index contributed by atoms with van der Waals surface area (Å²) in [5, 5.41) is 8.67. The minimum absolute atomic E-state index is 0. The summed E-state index contributed by atoms with van der Waals surface area (Å²) in [6, 6.07) is -1.36. The van der Waals surface area contributed by atoms with Crippen molar-refractivity contribution in [3.8, 4) is 0 Å². The summed E-state index contributed by atoms with van der Waals surface area (Å²) >= 11 is 0. The van der Waals surface area contributed by atoms with Crippen molar-refractivity contribution in [1.82, 2.24) is 5.48 Å². The van der Waals surface area contributed by atoms with Gasteiger partial charge in [0.15, 0.2) is 0 Å². The van der Waals surface area contributed by atoms with Gasteiger partial charge in [0.05, 0.1) is 6.61 Å². The summed E-state index contributed by atoms with van der Waals surface area (Å²) < 4.78 is 15.0.